The van der Waals surface area contributed by atoms with Gasteiger partial charge in [0.1, 0.15) is 28.6 Å². The van der Waals surface area contributed by atoms with Gasteiger partial charge in [-0.1, -0.05) is 149 Å². The van der Waals surface area contributed by atoms with Crippen LogP contribution in [0.3, 0.4) is 0 Å². The van der Waals surface area contributed by atoms with Crippen molar-refractivity contribution in [2.75, 3.05) is 11.2 Å². The van der Waals surface area contributed by atoms with Crippen molar-refractivity contribution in [3.8, 4) is 0 Å². The molecule has 296 valence electrons. The van der Waals surface area contributed by atoms with E-state index in [4.69, 9.17) is 21.1 Å². The average Bonchev–Trinajstić information content (AvgIpc) is 3.25. The molecule has 1 heterocycles. The first kappa shape index (κ1) is 42.7. The van der Waals surface area contributed by atoms with E-state index < -0.39 is 76.2 Å². The van der Waals surface area contributed by atoms with Gasteiger partial charge in [-0.3, -0.25) is 24.1 Å². The van der Waals surface area contributed by atoms with Gasteiger partial charge in [-0.15, -0.1) is 11.6 Å². The number of allylic oxidation sites excluding steroid dienone is 1. The predicted molar refractivity (Wildman–Crippen MR) is 218 cm³/mol. The van der Waals surface area contributed by atoms with Crippen molar-refractivity contribution in [3.63, 3.8) is 0 Å². The summed E-state index contributed by atoms with van der Waals surface area (Å²) in [6.07, 6.45) is -2.42. The molecule has 0 spiro atoms. The van der Waals surface area contributed by atoms with Crippen molar-refractivity contribution < 1.29 is 43.3 Å². The highest BCUT2D eigenvalue weighted by molar-refractivity contribution is 9.09. The van der Waals surface area contributed by atoms with Crippen LogP contribution in [0.15, 0.2) is 133 Å². The molecule has 3 amide bonds. The summed E-state index contributed by atoms with van der Waals surface area (Å²) in [5, 5.41) is 14.7. The van der Waals surface area contributed by atoms with E-state index in [0.29, 0.717) is 39.6 Å². The Kier molecular flexibility index (Phi) is 15.1. The Balaban J connectivity index is 1.32. The molecule has 12 nitrogen and oxygen atoms in total. The number of esters is 2. The summed E-state index contributed by atoms with van der Waals surface area (Å²) in [6, 6.07) is 34.5. The standard InChI is InChI=1S/C42H39BrClN3O9S/c1-42(46-33(51)25-44,41(54)56-37(29-18-10-4-11-19-29)30-20-12-5-13-21-30)23-22-32(50)45-34-38(52)47(39(34)57-26-48)35(31(49)24-43)40(53)55-36(27-14-6-2-7-15-27)28-16-8-3-9-17-28/h2-21,26,34,36-37,39,49H,22-25H2,1H3,(H,45,50)(H,46,51). The minimum Gasteiger partial charge on any atom is -0.509 e. The Morgan fingerprint density at radius 1 is 0.825 bits per heavy atom. The third kappa shape index (κ3) is 10.5. The largest absolute Gasteiger partial charge is 0.509 e. The highest BCUT2D eigenvalue weighted by Gasteiger charge is 2.53. The molecule has 0 aromatic heterocycles. The van der Waals surface area contributed by atoms with Crippen molar-refractivity contribution in [1.82, 2.24) is 15.5 Å². The van der Waals surface area contributed by atoms with Gasteiger partial charge in [0, 0.05) is 6.42 Å². The zero-order valence-electron chi connectivity index (χ0n) is 30.6. The number of amides is 3. The number of nitrogens with zero attached hydrogens (tertiary/aromatic N) is 1. The number of aliphatic hydroxyl groups is 1. The molecule has 3 unspecified atom stereocenters. The molecule has 15 heteroatoms. The van der Waals surface area contributed by atoms with Crippen LogP contribution in [-0.2, 0) is 38.2 Å². The monoisotopic (exact) mass is 875 g/mol. The van der Waals surface area contributed by atoms with Crippen LogP contribution >= 0.6 is 39.3 Å². The zero-order valence-corrected chi connectivity index (χ0v) is 33.7. The van der Waals surface area contributed by atoms with Crippen LogP contribution in [0.5, 0.6) is 0 Å². The lowest BCUT2D eigenvalue weighted by molar-refractivity contribution is -0.157. The van der Waals surface area contributed by atoms with Gasteiger partial charge in [0.05, 0.1) is 5.33 Å². The van der Waals surface area contributed by atoms with Crippen LogP contribution < -0.4 is 10.6 Å². The fourth-order valence-electron chi connectivity index (χ4n) is 6.18. The van der Waals surface area contributed by atoms with Crippen molar-refractivity contribution >= 4 is 74.6 Å². The van der Waals surface area contributed by atoms with E-state index in [0.717, 1.165) is 4.90 Å². The van der Waals surface area contributed by atoms with Gasteiger partial charge in [-0.25, -0.2) is 9.59 Å². The smallest absolute Gasteiger partial charge is 0.359 e. The van der Waals surface area contributed by atoms with Crippen LogP contribution in [0, 0.1) is 0 Å². The molecule has 0 aliphatic carbocycles. The maximum atomic E-state index is 13.9. The first-order valence-electron chi connectivity index (χ1n) is 17.7. The fourth-order valence-corrected chi connectivity index (χ4v) is 7.30. The van der Waals surface area contributed by atoms with E-state index in [2.05, 4.69) is 26.6 Å². The number of alkyl halides is 2. The summed E-state index contributed by atoms with van der Waals surface area (Å²) >= 11 is 9.53. The van der Waals surface area contributed by atoms with E-state index in [1.54, 1.807) is 109 Å². The molecule has 57 heavy (non-hydrogen) atoms. The summed E-state index contributed by atoms with van der Waals surface area (Å²) < 4.78 is 12.0. The van der Waals surface area contributed by atoms with Gasteiger partial charge in [0.15, 0.2) is 23.5 Å². The first-order chi connectivity index (χ1) is 27.5. The Labute approximate surface area is 347 Å². The number of ether oxygens (including phenoxy) is 2. The third-order valence-electron chi connectivity index (χ3n) is 9.09. The molecule has 1 aliphatic heterocycles. The van der Waals surface area contributed by atoms with E-state index >= 15 is 0 Å². The quantitative estimate of drug-likeness (QED) is 0.0258. The molecule has 1 fully saturated rings. The number of thioether (sulfide) groups is 1. The molecule has 1 saturated heterocycles. The second-order valence-electron chi connectivity index (χ2n) is 13.0. The van der Waals surface area contributed by atoms with Gasteiger partial charge in [-0.2, -0.15) is 0 Å². The Morgan fingerprint density at radius 2 is 1.28 bits per heavy atom. The van der Waals surface area contributed by atoms with Crippen molar-refractivity contribution in [2.24, 2.45) is 0 Å². The molecule has 4 aromatic rings. The van der Waals surface area contributed by atoms with E-state index in [-0.39, 0.29) is 18.2 Å². The molecular weight excluding hydrogens is 838 g/mol. The lowest BCUT2D eigenvalue weighted by Crippen LogP contribution is -2.69. The minimum atomic E-state index is -1.74. The van der Waals surface area contributed by atoms with E-state index in [1.807, 2.05) is 12.1 Å². The maximum absolute atomic E-state index is 13.9. The molecule has 4 aromatic carbocycles. The van der Waals surface area contributed by atoms with Crippen LogP contribution in [0.25, 0.3) is 0 Å². The Bertz CT molecular complexity index is 2000. The molecule has 3 N–H and O–H groups in total. The molecule has 5 rings (SSSR count). The summed E-state index contributed by atoms with van der Waals surface area (Å²) in [6.45, 7) is 1.41. The zero-order chi connectivity index (χ0) is 41.0. The Hall–Kier alpha value is -5.44. The van der Waals surface area contributed by atoms with Crippen LogP contribution in [0.1, 0.15) is 54.2 Å². The van der Waals surface area contributed by atoms with E-state index in [1.165, 1.54) is 6.92 Å². The molecule has 0 bridgehead atoms. The highest BCUT2D eigenvalue weighted by atomic mass is 79.9. The number of benzene rings is 4. The molecule has 0 radical (unpaired) electrons. The lowest BCUT2D eigenvalue weighted by Gasteiger charge is -2.46. The highest BCUT2D eigenvalue weighted by Crippen LogP contribution is 2.36. The van der Waals surface area contributed by atoms with Gasteiger partial charge >= 0.3 is 11.9 Å². The normalized spacial score (nSPS) is 16.4. The minimum absolute atomic E-state index is 0.240. The van der Waals surface area contributed by atoms with Crippen molar-refractivity contribution in [2.45, 2.75) is 48.9 Å². The number of carbonyl (C=O) groups is 6. The summed E-state index contributed by atoms with van der Waals surface area (Å²) in [4.78, 5) is 80.3. The number of hydrogen-bond acceptors (Lipinski definition) is 10. The fraction of sp³-hybridized carbons (Fsp3) is 0.238. The Morgan fingerprint density at radius 3 is 1.70 bits per heavy atom. The number of β-lactam (4-membered cyclic amide) rings is 1. The molecule has 1 aliphatic rings. The van der Waals surface area contributed by atoms with Gasteiger partial charge in [0.2, 0.25) is 11.8 Å². The SMILES string of the molecule is CC(CCC(=O)NC1C(=O)N(C(C(=O)OC(c2ccccc2)c2ccccc2)=C(O)CBr)C1SC=O)(NC(=O)CCl)C(=O)OC(c1ccccc1)c1ccccc1. The average molecular weight is 877 g/mol. The number of rotatable bonds is 18. The van der Waals surface area contributed by atoms with Crippen molar-refractivity contribution in [1.29, 1.82) is 0 Å². The predicted octanol–water partition coefficient (Wildman–Crippen LogP) is 6.29. The summed E-state index contributed by atoms with van der Waals surface area (Å²) in [5.41, 5.74) is 0.790. The number of likely N-dealkylation sites (tertiary alicyclic amines) is 1. The number of hydrogen-bond donors (Lipinski definition) is 3. The summed E-state index contributed by atoms with van der Waals surface area (Å²) in [5.74, 6) is -5.09. The second kappa shape index (κ2) is 20.1. The van der Waals surface area contributed by atoms with Crippen LogP contribution in [0.4, 0.5) is 0 Å². The number of aliphatic hydroxyl groups excluding tert-OH is 1. The first-order valence-corrected chi connectivity index (χ1v) is 20.3. The van der Waals surface area contributed by atoms with Gasteiger partial charge in [0.25, 0.3) is 5.91 Å². The van der Waals surface area contributed by atoms with Gasteiger partial charge < -0.3 is 25.2 Å². The summed E-state index contributed by atoms with van der Waals surface area (Å²) in [7, 11) is 0. The number of nitrogens with one attached hydrogen (secondary N) is 2. The topological polar surface area (TPSA) is 168 Å². The number of carbonyl (C=O) groups excluding carboxylic acids is 6. The maximum Gasteiger partial charge on any atom is 0.359 e. The second-order valence-corrected chi connectivity index (χ2v) is 14.8. The molecular formula is C42H39BrClN3O9S. The molecule has 3 atom stereocenters. The van der Waals surface area contributed by atoms with Crippen LogP contribution in [-0.4, -0.2) is 73.4 Å². The van der Waals surface area contributed by atoms with Gasteiger partial charge in [-0.05, 0) is 35.6 Å². The van der Waals surface area contributed by atoms with Crippen LogP contribution in [0.2, 0.25) is 0 Å². The lowest BCUT2D eigenvalue weighted by atomic mass is 9.94. The third-order valence-corrected chi connectivity index (χ3v) is 10.7. The van der Waals surface area contributed by atoms with Crippen molar-refractivity contribution in [3.05, 3.63) is 155 Å². The molecule has 0 saturated carbocycles. The van der Waals surface area contributed by atoms with E-state index in [9.17, 15) is 33.9 Å². The number of halogens is 2.